The summed E-state index contributed by atoms with van der Waals surface area (Å²) in [5.74, 6) is 0.973. The number of rotatable bonds is 9. The molecular formula is C21H25NO5S. The average Bonchev–Trinajstić information content (AvgIpc) is 2.71. The monoisotopic (exact) mass is 403 g/mol. The van der Waals surface area contributed by atoms with Crippen molar-refractivity contribution in [1.29, 1.82) is 0 Å². The van der Waals surface area contributed by atoms with Gasteiger partial charge in [0.05, 0.1) is 24.4 Å². The number of amides is 1. The summed E-state index contributed by atoms with van der Waals surface area (Å²) in [6.45, 7) is 4.22. The number of carbonyl (C=O) groups excluding carboxylic acids is 1. The molecule has 0 aliphatic carbocycles. The van der Waals surface area contributed by atoms with Crippen LogP contribution in [0.1, 0.15) is 25.8 Å². The fraction of sp³-hybridized carbons (Fsp3) is 0.286. The molecule has 28 heavy (non-hydrogen) atoms. The molecule has 0 aromatic heterocycles. The van der Waals surface area contributed by atoms with Gasteiger partial charge in [0, 0.05) is 11.8 Å². The van der Waals surface area contributed by atoms with Gasteiger partial charge in [0.2, 0.25) is 5.91 Å². The van der Waals surface area contributed by atoms with Crippen LogP contribution in [0.4, 0.5) is 5.69 Å². The molecule has 0 atom stereocenters. The maximum Gasteiger partial charge on any atom is 0.248 e. The molecule has 1 N–H and O–H groups in total. The van der Waals surface area contributed by atoms with Crippen molar-refractivity contribution in [1.82, 2.24) is 0 Å². The Kier molecular flexibility index (Phi) is 7.63. The van der Waals surface area contributed by atoms with Crippen molar-refractivity contribution < 1.29 is 22.7 Å². The Hall–Kier alpha value is -2.80. The van der Waals surface area contributed by atoms with E-state index in [0.29, 0.717) is 23.8 Å². The van der Waals surface area contributed by atoms with Crippen LogP contribution in [0.3, 0.4) is 0 Å². The lowest BCUT2D eigenvalue weighted by Crippen LogP contribution is -2.08. The van der Waals surface area contributed by atoms with Crippen molar-refractivity contribution in [2.75, 3.05) is 24.8 Å². The quantitative estimate of drug-likeness (QED) is 0.642. The molecule has 2 rings (SSSR count). The number of hydrogen-bond donors (Lipinski definition) is 1. The molecule has 0 bridgehead atoms. The van der Waals surface area contributed by atoms with Crippen LogP contribution in [0.5, 0.6) is 11.5 Å². The number of nitrogens with one attached hydrogen (secondary N) is 1. The smallest absolute Gasteiger partial charge is 0.248 e. The minimum atomic E-state index is -3.25. The molecule has 7 heteroatoms. The number of ether oxygens (including phenoxy) is 2. The van der Waals surface area contributed by atoms with E-state index in [0.717, 1.165) is 12.0 Å². The van der Waals surface area contributed by atoms with Crippen molar-refractivity contribution in [3.63, 3.8) is 0 Å². The van der Waals surface area contributed by atoms with E-state index in [4.69, 9.17) is 9.47 Å². The highest BCUT2D eigenvalue weighted by atomic mass is 32.2. The molecule has 6 nitrogen and oxygen atoms in total. The van der Waals surface area contributed by atoms with Crippen LogP contribution in [0.15, 0.2) is 53.4 Å². The van der Waals surface area contributed by atoms with Crippen LogP contribution in [-0.4, -0.2) is 33.8 Å². The lowest BCUT2D eigenvalue weighted by Gasteiger charge is -2.10. The van der Waals surface area contributed by atoms with Gasteiger partial charge in [-0.1, -0.05) is 19.9 Å². The molecule has 150 valence electrons. The van der Waals surface area contributed by atoms with Crippen molar-refractivity contribution >= 4 is 27.5 Å². The van der Waals surface area contributed by atoms with Crippen molar-refractivity contribution in [3.8, 4) is 11.5 Å². The molecule has 2 aromatic carbocycles. The minimum Gasteiger partial charge on any atom is -0.493 e. The first-order valence-corrected chi connectivity index (χ1v) is 10.7. The molecule has 2 aromatic rings. The fourth-order valence-corrected chi connectivity index (χ4v) is 3.27. The summed E-state index contributed by atoms with van der Waals surface area (Å²) in [7, 11) is -1.69. The Labute approximate surface area is 166 Å². The highest BCUT2D eigenvalue weighted by Gasteiger charge is 2.11. The summed E-state index contributed by atoms with van der Waals surface area (Å²) in [5.41, 5.74) is 1.31. The Balaban J connectivity index is 2.03. The first kappa shape index (κ1) is 21.5. The minimum absolute atomic E-state index is 0.0349. The molecule has 0 heterocycles. The van der Waals surface area contributed by atoms with Crippen LogP contribution in [0, 0.1) is 0 Å². The Morgan fingerprint density at radius 1 is 1.07 bits per heavy atom. The zero-order chi connectivity index (χ0) is 20.6. The second-order valence-corrected chi connectivity index (χ2v) is 8.29. The molecule has 0 saturated heterocycles. The number of carbonyl (C=O) groups is 1. The van der Waals surface area contributed by atoms with Gasteiger partial charge in [-0.3, -0.25) is 4.79 Å². The SMILES string of the molecule is CCCOc1ccc(/C=C/C(=O)Nc2ccc(S(=O)(=O)CC)cc2)cc1OC. The van der Waals surface area contributed by atoms with E-state index < -0.39 is 9.84 Å². The van der Waals surface area contributed by atoms with Gasteiger partial charge >= 0.3 is 0 Å². The molecule has 0 aliphatic rings. The van der Waals surface area contributed by atoms with Gasteiger partial charge in [-0.05, 0) is 54.5 Å². The maximum atomic E-state index is 12.1. The van der Waals surface area contributed by atoms with Crippen LogP contribution >= 0.6 is 0 Å². The summed E-state index contributed by atoms with van der Waals surface area (Å²) in [5, 5.41) is 2.70. The lowest BCUT2D eigenvalue weighted by molar-refractivity contribution is -0.111. The normalized spacial score (nSPS) is 11.4. The van der Waals surface area contributed by atoms with E-state index in [1.54, 1.807) is 44.4 Å². The standard InChI is InChI=1S/C21H25NO5S/c1-4-14-27-19-12-6-16(15-20(19)26-3)7-13-21(23)22-17-8-10-18(11-9-17)28(24,25)5-2/h6-13,15H,4-5,14H2,1-3H3,(H,22,23)/b13-7+. The third-order valence-electron chi connectivity index (χ3n) is 3.94. The highest BCUT2D eigenvalue weighted by Crippen LogP contribution is 2.28. The van der Waals surface area contributed by atoms with Crippen LogP contribution in [0.25, 0.3) is 6.08 Å². The molecule has 0 spiro atoms. The summed E-state index contributed by atoms with van der Waals surface area (Å²) in [6.07, 6.45) is 3.96. The van der Waals surface area contributed by atoms with E-state index >= 15 is 0 Å². The highest BCUT2D eigenvalue weighted by molar-refractivity contribution is 7.91. The summed E-state index contributed by atoms with van der Waals surface area (Å²) < 4.78 is 34.6. The van der Waals surface area contributed by atoms with E-state index in [1.165, 1.54) is 18.2 Å². The van der Waals surface area contributed by atoms with Crippen molar-refractivity contribution in [2.45, 2.75) is 25.2 Å². The Morgan fingerprint density at radius 2 is 1.79 bits per heavy atom. The second-order valence-electron chi connectivity index (χ2n) is 6.01. The largest absolute Gasteiger partial charge is 0.493 e. The van der Waals surface area contributed by atoms with E-state index in [1.807, 2.05) is 13.0 Å². The predicted octanol–water partition coefficient (Wildman–Crippen LogP) is 3.93. The van der Waals surface area contributed by atoms with Crippen molar-refractivity contribution in [2.24, 2.45) is 0 Å². The van der Waals surface area contributed by atoms with Crippen LogP contribution < -0.4 is 14.8 Å². The molecular weight excluding hydrogens is 378 g/mol. The Bertz CT molecular complexity index is 934. The van der Waals surface area contributed by atoms with Crippen LogP contribution in [-0.2, 0) is 14.6 Å². The number of hydrogen-bond acceptors (Lipinski definition) is 5. The van der Waals surface area contributed by atoms with Gasteiger partial charge in [0.1, 0.15) is 0 Å². The average molecular weight is 404 g/mol. The molecule has 0 fully saturated rings. The molecule has 0 aliphatic heterocycles. The third kappa shape index (κ3) is 5.85. The maximum absolute atomic E-state index is 12.1. The number of benzene rings is 2. The topological polar surface area (TPSA) is 81.7 Å². The predicted molar refractivity (Wildman–Crippen MR) is 111 cm³/mol. The summed E-state index contributed by atoms with van der Waals surface area (Å²) in [4.78, 5) is 12.4. The first-order valence-electron chi connectivity index (χ1n) is 9.02. The molecule has 0 saturated carbocycles. The second kappa shape index (κ2) is 9.94. The first-order chi connectivity index (χ1) is 13.4. The zero-order valence-corrected chi connectivity index (χ0v) is 17.1. The van der Waals surface area contributed by atoms with Crippen LogP contribution in [0.2, 0.25) is 0 Å². The Morgan fingerprint density at radius 3 is 2.39 bits per heavy atom. The summed E-state index contributed by atoms with van der Waals surface area (Å²) in [6, 6.07) is 11.5. The summed E-state index contributed by atoms with van der Waals surface area (Å²) >= 11 is 0. The molecule has 1 amide bonds. The molecule has 0 radical (unpaired) electrons. The van der Waals surface area contributed by atoms with Gasteiger partial charge in [-0.2, -0.15) is 0 Å². The van der Waals surface area contributed by atoms with E-state index in [9.17, 15) is 13.2 Å². The van der Waals surface area contributed by atoms with Gasteiger partial charge < -0.3 is 14.8 Å². The molecule has 0 unspecified atom stereocenters. The third-order valence-corrected chi connectivity index (χ3v) is 5.69. The zero-order valence-electron chi connectivity index (χ0n) is 16.3. The number of sulfone groups is 1. The van der Waals surface area contributed by atoms with E-state index in [2.05, 4.69) is 5.32 Å². The van der Waals surface area contributed by atoms with Gasteiger partial charge in [-0.15, -0.1) is 0 Å². The van der Waals surface area contributed by atoms with Crippen molar-refractivity contribution in [3.05, 3.63) is 54.1 Å². The van der Waals surface area contributed by atoms with E-state index in [-0.39, 0.29) is 16.6 Å². The fourth-order valence-electron chi connectivity index (χ4n) is 2.39. The number of anilines is 1. The van der Waals surface area contributed by atoms with Gasteiger partial charge in [0.25, 0.3) is 0 Å². The number of methoxy groups -OCH3 is 1. The van der Waals surface area contributed by atoms with Gasteiger partial charge in [-0.25, -0.2) is 8.42 Å². The van der Waals surface area contributed by atoms with Gasteiger partial charge in [0.15, 0.2) is 21.3 Å². The lowest BCUT2D eigenvalue weighted by atomic mass is 10.2.